The van der Waals surface area contributed by atoms with E-state index in [9.17, 15) is 13.2 Å². The van der Waals surface area contributed by atoms with Gasteiger partial charge in [-0.2, -0.15) is 0 Å². The van der Waals surface area contributed by atoms with E-state index in [1.54, 1.807) is 48.5 Å². The van der Waals surface area contributed by atoms with Crippen molar-refractivity contribution in [2.24, 2.45) is 0 Å². The average molecular weight is 426 g/mol. The lowest BCUT2D eigenvalue weighted by atomic mass is 10.2. The molecule has 0 fully saturated rings. The summed E-state index contributed by atoms with van der Waals surface area (Å²) in [7, 11) is 0.673. The molecule has 0 bridgehead atoms. The smallest absolute Gasteiger partial charge is 0.264 e. The van der Waals surface area contributed by atoms with Gasteiger partial charge in [-0.05, 0) is 42.5 Å². The Kier molecular flexibility index (Phi) is 6.27. The monoisotopic (exact) mass is 426 g/mol. The summed E-state index contributed by atoms with van der Waals surface area (Å²) >= 11 is 0. The highest BCUT2D eigenvalue weighted by Gasteiger charge is 2.22. The summed E-state index contributed by atoms with van der Waals surface area (Å²) in [5, 5.41) is 2.74. The summed E-state index contributed by atoms with van der Waals surface area (Å²) in [4.78, 5) is 12.7. The molecule has 0 spiro atoms. The second-order valence-corrected chi connectivity index (χ2v) is 8.33. The second-order valence-electron chi connectivity index (χ2n) is 6.36. The molecule has 0 atom stereocenters. The quantitative estimate of drug-likeness (QED) is 0.621. The Morgan fingerprint density at radius 3 is 2.23 bits per heavy atom. The van der Waals surface area contributed by atoms with Gasteiger partial charge in [-0.1, -0.05) is 24.3 Å². The topological polar surface area (TPSA) is 84.9 Å². The van der Waals surface area contributed by atoms with Crippen LogP contribution < -0.4 is 19.1 Å². The zero-order valence-corrected chi connectivity index (χ0v) is 17.6. The van der Waals surface area contributed by atoms with Crippen LogP contribution in [0.1, 0.15) is 10.4 Å². The van der Waals surface area contributed by atoms with Crippen LogP contribution in [0.25, 0.3) is 0 Å². The highest BCUT2D eigenvalue weighted by atomic mass is 32.2. The Bertz CT molecular complexity index is 1150. The maximum atomic E-state index is 13.0. The molecule has 0 saturated heterocycles. The second kappa shape index (κ2) is 8.87. The van der Waals surface area contributed by atoms with Gasteiger partial charge >= 0.3 is 0 Å². The number of hydrogen-bond donors (Lipinski definition) is 1. The van der Waals surface area contributed by atoms with Crippen molar-refractivity contribution in [2.45, 2.75) is 4.90 Å². The number of amides is 1. The summed E-state index contributed by atoms with van der Waals surface area (Å²) in [6.45, 7) is 0. The number of para-hydroxylation sites is 1. The lowest BCUT2D eigenvalue weighted by Crippen LogP contribution is -2.26. The van der Waals surface area contributed by atoms with Gasteiger partial charge in [-0.25, -0.2) is 8.42 Å². The number of carbonyl (C=O) groups is 1. The third kappa shape index (κ3) is 4.38. The number of nitrogens with one attached hydrogen (secondary N) is 1. The lowest BCUT2D eigenvalue weighted by Gasteiger charge is -2.19. The summed E-state index contributed by atoms with van der Waals surface area (Å²) in [6.07, 6.45) is 0. The molecule has 0 aliphatic heterocycles. The largest absolute Gasteiger partial charge is 0.493 e. The number of ether oxygens (including phenoxy) is 2. The first kappa shape index (κ1) is 21.2. The number of carbonyl (C=O) groups excluding carboxylic acids is 1. The predicted molar refractivity (Wildman–Crippen MR) is 116 cm³/mol. The van der Waals surface area contributed by atoms with Crippen LogP contribution in [-0.4, -0.2) is 35.6 Å². The van der Waals surface area contributed by atoms with Gasteiger partial charge in [0, 0.05) is 24.4 Å². The van der Waals surface area contributed by atoms with Gasteiger partial charge in [0.25, 0.3) is 15.9 Å². The van der Waals surface area contributed by atoms with Crippen LogP contribution in [0, 0.1) is 0 Å². The SMILES string of the molecule is COc1ccc(NC(=O)c2cccc(S(=O)(=O)N(C)c3ccccc3)c2)cc1OC. The van der Waals surface area contributed by atoms with Crippen molar-refractivity contribution in [3.05, 3.63) is 78.4 Å². The van der Waals surface area contributed by atoms with E-state index in [0.717, 1.165) is 0 Å². The number of anilines is 2. The minimum absolute atomic E-state index is 0.0221. The van der Waals surface area contributed by atoms with E-state index in [4.69, 9.17) is 9.47 Å². The lowest BCUT2D eigenvalue weighted by molar-refractivity contribution is 0.102. The van der Waals surface area contributed by atoms with Crippen LogP contribution in [0.5, 0.6) is 11.5 Å². The molecule has 1 N–H and O–H groups in total. The predicted octanol–water partition coefficient (Wildman–Crippen LogP) is 3.78. The summed E-state index contributed by atoms with van der Waals surface area (Å²) in [5.74, 6) is 0.560. The first-order valence-electron chi connectivity index (χ1n) is 9.04. The summed E-state index contributed by atoms with van der Waals surface area (Å²) in [5.41, 5.74) is 1.23. The van der Waals surface area contributed by atoms with Crippen molar-refractivity contribution in [2.75, 3.05) is 30.9 Å². The average Bonchev–Trinajstić information content (AvgIpc) is 2.79. The molecule has 0 heterocycles. The van der Waals surface area contributed by atoms with Crippen molar-refractivity contribution in [1.82, 2.24) is 0 Å². The normalized spacial score (nSPS) is 10.9. The molecule has 0 aliphatic carbocycles. The molecular formula is C22H22N2O5S. The van der Waals surface area contributed by atoms with Crippen molar-refractivity contribution in [3.63, 3.8) is 0 Å². The Morgan fingerprint density at radius 2 is 1.57 bits per heavy atom. The third-order valence-electron chi connectivity index (χ3n) is 4.52. The molecule has 1 amide bonds. The molecule has 0 unspecified atom stereocenters. The molecule has 3 aromatic carbocycles. The van der Waals surface area contributed by atoms with Crippen LogP contribution in [0.3, 0.4) is 0 Å². The Morgan fingerprint density at radius 1 is 0.867 bits per heavy atom. The van der Waals surface area contributed by atoms with Gasteiger partial charge in [-0.3, -0.25) is 9.10 Å². The Hall–Kier alpha value is -3.52. The number of nitrogens with zero attached hydrogens (tertiary/aromatic N) is 1. The van der Waals surface area contributed by atoms with Gasteiger partial charge < -0.3 is 14.8 Å². The van der Waals surface area contributed by atoms with E-state index in [-0.39, 0.29) is 10.5 Å². The van der Waals surface area contributed by atoms with Crippen LogP contribution in [0.15, 0.2) is 77.7 Å². The first-order chi connectivity index (χ1) is 14.4. The fourth-order valence-corrected chi connectivity index (χ4v) is 4.09. The number of sulfonamides is 1. The van der Waals surface area contributed by atoms with Crippen LogP contribution >= 0.6 is 0 Å². The molecule has 3 rings (SSSR count). The zero-order chi connectivity index (χ0) is 21.7. The summed E-state index contributed by atoms with van der Waals surface area (Å²) in [6, 6.07) is 19.6. The molecule has 0 aromatic heterocycles. The van der Waals surface area contributed by atoms with Crippen molar-refractivity contribution < 1.29 is 22.7 Å². The van der Waals surface area contributed by atoms with E-state index in [2.05, 4.69) is 5.32 Å². The number of hydrogen-bond acceptors (Lipinski definition) is 5. The maximum absolute atomic E-state index is 13.0. The Labute approximate surface area is 175 Å². The highest BCUT2D eigenvalue weighted by Crippen LogP contribution is 2.30. The number of methoxy groups -OCH3 is 2. The fourth-order valence-electron chi connectivity index (χ4n) is 2.85. The van der Waals surface area contributed by atoms with Crippen molar-refractivity contribution in [1.29, 1.82) is 0 Å². The molecule has 3 aromatic rings. The van der Waals surface area contributed by atoms with Gasteiger partial charge in [0.05, 0.1) is 24.8 Å². The molecule has 7 nitrogen and oxygen atoms in total. The van der Waals surface area contributed by atoms with Gasteiger partial charge in [0.2, 0.25) is 0 Å². The van der Waals surface area contributed by atoms with Crippen molar-refractivity contribution in [3.8, 4) is 11.5 Å². The number of rotatable bonds is 7. The van der Waals surface area contributed by atoms with E-state index >= 15 is 0 Å². The third-order valence-corrected chi connectivity index (χ3v) is 6.30. The van der Waals surface area contributed by atoms with E-state index in [0.29, 0.717) is 22.9 Å². The zero-order valence-electron chi connectivity index (χ0n) is 16.8. The van der Waals surface area contributed by atoms with Crippen LogP contribution in [-0.2, 0) is 10.0 Å². The van der Waals surface area contributed by atoms with Gasteiger partial charge in [0.15, 0.2) is 11.5 Å². The van der Waals surface area contributed by atoms with Crippen molar-refractivity contribution >= 4 is 27.3 Å². The van der Waals surface area contributed by atoms with E-state index < -0.39 is 15.9 Å². The fraction of sp³-hybridized carbons (Fsp3) is 0.136. The molecular weight excluding hydrogens is 404 g/mol. The minimum atomic E-state index is -3.82. The molecule has 8 heteroatoms. The van der Waals surface area contributed by atoms with Crippen LogP contribution in [0.4, 0.5) is 11.4 Å². The first-order valence-corrected chi connectivity index (χ1v) is 10.5. The highest BCUT2D eigenvalue weighted by molar-refractivity contribution is 7.92. The summed E-state index contributed by atoms with van der Waals surface area (Å²) < 4.78 is 37.6. The minimum Gasteiger partial charge on any atom is -0.493 e. The van der Waals surface area contributed by atoms with Crippen LogP contribution in [0.2, 0.25) is 0 Å². The molecule has 0 saturated carbocycles. The molecule has 0 radical (unpaired) electrons. The molecule has 156 valence electrons. The van der Waals surface area contributed by atoms with Gasteiger partial charge in [-0.15, -0.1) is 0 Å². The van der Waals surface area contributed by atoms with Gasteiger partial charge in [0.1, 0.15) is 0 Å². The number of benzene rings is 3. The van der Waals surface area contributed by atoms with E-state index in [1.807, 2.05) is 6.07 Å². The maximum Gasteiger partial charge on any atom is 0.264 e. The molecule has 0 aliphatic rings. The Balaban J connectivity index is 1.85. The standard InChI is InChI=1S/C22H22N2O5S/c1-24(18-9-5-4-6-10-18)30(26,27)19-11-7-8-16(14-19)22(25)23-17-12-13-20(28-2)21(15-17)29-3/h4-15H,1-3H3,(H,23,25). The molecule has 30 heavy (non-hydrogen) atoms. The van der Waals surface area contributed by atoms with E-state index in [1.165, 1.54) is 43.8 Å².